The molecule has 24 heavy (non-hydrogen) atoms. The van der Waals surface area contributed by atoms with Crippen LogP contribution in [0.5, 0.6) is 0 Å². The average molecular weight is 326 g/mol. The van der Waals surface area contributed by atoms with Crippen LogP contribution in [0.3, 0.4) is 0 Å². The molecule has 3 heterocycles. The fourth-order valence-corrected chi connectivity index (χ4v) is 3.76. The Morgan fingerprint density at radius 1 is 1.38 bits per heavy atom. The highest BCUT2D eigenvalue weighted by Crippen LogP contribution is 2.32. The number of hydrogen-bond acceptors (Lipinski definition) is 5. The van der Waals surface area contributed by atoms with E-state index in [0.717, 1.165) is 30.9 Å². The van der Waals surface area contributed by atoms with Gasteiger partial charge < -0.3 is 4.52 Å². The maximum atomic E-state index is 12.6. The molecule has 1 aliphatic carbocycles. The number of pyridine rings is 1. The van der Waals surface area contributed by atoms with Crippen LogP contribution >= 0.6 is 0 Å². The predicted molar refractivity (Wildman–Crippen MR) is 88.9 cm³/mol. The van der Waals surface area contributed by atoms with Crippen molar-refractivity contribution in [3.05, 3.63) is 35.1 Å². The summed E-state index contributed by atoms with van der Waals surface area (Å²) in [7, 11) is 0. The van der Waals surface area contributed by atoms with Crippen molar-refractivity contribution in [1.29, 1.82) is 0 Å². The summed E-state index contributed by atoms with van der Waals surface area (Å²) in [6.07, 6.45) is 8.30. The Kier molecular flexibility index (Phi) is 4.04. The van der Waals surface area contributed by atoms with Crippen molar-refractivity contribution in [2.75, 3.05) is 11.4 Å². The number of anilines is 1. The molecule has 0 aromatic carbocycles. The van der Waals surface area contributed by atoms with Crippen molar-refractivity contribution in [2.45, 2.75) is 57.8 Å². The van der Waals surface area contributed by atoms with Gasteiger partial charge in [0.25, 0.3) is 0 Å². The number of nitrogens with zero attached hydrogens (tertiary/aromatic N) is 4. The topological polar surface area (TPSA) is 72.1 Å². The molecule has 0 spiro atoms. The highest BCUT2D eigenvalue weighted by Gasteiger charge is 2.27. The lowest BCUT2D eigenvalue weighted by atomic mass is 10.1. The second-order valence-electron chi connectivity index (χ2n) is 6.75. The lowest BCUT2D eigenvalue weighted by molar-refractivity contribution is -0.118. The van der Waals surface area contributed by atoms with Gasteiger partial charge >= 0.3 is 0 Å². The van der Waals surface area contributed by atoms with E-state index in [1.807, 2.05) is 6.07 Å². The molecule has 1 amide bonds. The van der Waals surface area contributed by atoms with Gasteiger partial charge in [-0.1, -0.05) is 18.0 Å². The molecule has 6 nitrogen and oxygen atoms in total. The first-order valence-corrected chi connectivity index (χ1v) is 8.79. The number of rotatable bonds is 4. The Morgan fingerprint density at radius 2 is 2.21 bits per heavy atom. The molecule has 1 saturated carbocycles. The van der Waals surface area contributed by atoms with E-state index < -0.39 is 0 Å². The summed E-state index contributed by atoms with van der Waals surface area (Å²) < 4.78 is 5.33. The molecule has 1 fully saturated rings. The number of carbonyl (C=O) groups excluding carboxylic acids is 1. The quantitative estimate of drug-likeness (QED) is 0.864. The van der Waals surface area contributed by atoms with Gasteiger partial charge in [0, 0.05) is 31.5 Å². The molecule has 6 heteroatoms. The third-order valence-electron chi connectivity index (χ3n) is 5.17. The van der Waals surface area contributed by atoms with Crippen molar-refractivity contribution < 1.29 is 9.32 Å². The first-order valence-electron chi connectivity index (χ1n) is 8.79. The Bertz CT molecular complexity index is 749. The molecule has 0 atom stereocenters. The number of carbonyl (C=O) groups is 1. The molecule has 0 N–H and O–H groups in total. The number of hydrogen-bond donors (Lipinski definition) is 0. The number of aryl methyl sites for hydroxylation is 2. The largest absolute Gasteiger partial charge is 0.339 e. The van der Waals surface area contributed by atoms with Crippen molar-refractivity contribution in [3.63, 3.8) is 0 Å². The lowest BCUT2D eigenvalue weighted by Crippen LogP contribution is -2.29. The molecule has 0 unspecified atom stereocenters. The Morgan fingerprint density at radius 3 is 3.04 bits per heavy atom. The molecule has 1 aliphatic heterocycles. The second-order valence-corrected chi connectivity index (χ2v) is 6.75. The Labute approximate surface area is 141 Å². The summed E-state index contributed by atoms with van der Waals surface area (Å²) in [5, 5.41) is 4.10. The normalized spacial score (nSPS) is 17.5. The van der Waals surface area contributed by atoms with Gasteiger partial charge in [0.05, 0.1) is 0 Å². The lowest BCUT2D eigenvalue weighted by Gasteiger charge is -2.15. The van der Waals surface area contributed by atoms with Crippen LogP contribution in [0.1, 0.15) is 60.9 Å². The summed E-state index contributed by atoms with van der Waals surface area (Å²) in [6, 6.07) is 2.00. The van der Waals surface area contributed by atoms with Gasteiger partial charge in [-0.15, -0.1) is 0 Å². The highest BCUT2D eigenvalue weighted by atomic mass is 16.5. The van der Waals surface area contributed by atoms with Crippen LogP contribution in [-0.4, -0.2) is 27.6 Å². The van der Waals surface area contributed by atoms with Gasteiger partial charge in [-0.05, 0) is 43.4 Å². The van der Waals surface area contributed by atoms with E-state index in [1.54, 1.807) is 11.1 Å². The molecule has 4 rings (SSSR count). The minimum Gasteiger partial charge on any atom is -0.339 e. The summed E-state index contributed by atoms with van der Waals surface area (Å²) in [6.45, 7) is 2.78. The molecule has 2 aromatic rings. The highest BCUT2D eigenvalue weighted by molar-refractivity contribution is 5.94. The van der Waals surface area contributed by atoms with Gasteiger partial charge in [-0.3, -0.25) is 9.69 Å². The molecule has 2 aliphatic rings. The van der Waals surface area contributed by atoms with E-state index in [4.69, 9.17) is 4.52 Å². The molecule has 126 valence electrons. The van der Waals surface area contributed by atoms with Crippen LogP contribution in [0.4, 0.5) is 5.82 Å². The fourth-order valence-electron chi connectivity index (χ4n) is 3.76. The number of aromatic nitrogens is 3. The molecular weight excluding hydrogens is 304 g/mol. The summed E-state index contributed by atoms with van der Waals surface area (Å²) in [5.41, 5.74) is 2.39. The molecule has 0 saturated heterocycles. The molecule has 0 radical (unpaired) electrons. The predicted octanol–water partition coefficient (Wildman–Crippen LogP) is 2.95. The second kappa shape index (κ2) is 6.34. The van der Waals surface area contributed by atoms with Gasteiger partial charge in [-0.25, -0.2) is 4.98 Å². The number of fused-ring (bicyclic) bond motifs is 1. The Balaban J connectivity index is 1.39. The fraction of sp³-hybridized carbons (Fsp3) is 0.556. The number of amides is 1. The minimum atomic E-state index is 0.0764. The van der Waals surface area contributed by atoms with Crippen molar-refractivity contribution >= 4 is 11.7 Å². The van der Waals surface area contributed by atoms with E-state index >= 15 is 0 Å². The van der Waals surface area contributed by atoms with Crippen LogP contribution in [0.2, 0.25) is 0 Å². The third-order valence-corrected chi connectivity index (χ3v) is 5.17. The smallest absolute Gasteiger partial charge is 0.228 e. The van der Waals surface area contributed by atoms with Crippen LogP contribution in [0.25, 0.3) is 0 Å². The van der Waals surface area contributed by atoms with Crippen LogP contribution < -0.4 is 4.90 Å². The van der Waals surface area contributed by atoms with Crippen molar-refractivity contribution in [1.82, 2.24) is 15.1 Å². The van der Waals surface area contributed by atoms with Crippen molar-refractivity contribution in [2.24, 2.45) is 0 Å². The molecule has 0 bridgehead atoms. The van der Waals surface area contributed by atoms with E-state index in [9.17, 15) is 4.79 Å². The molecule has 2 aromatic heterocycles. The van der Waals surface area contributed by atoms with E-state index in [2.05, 4.69) is 22.0 Å². The zero-order valence-corrected chi connectivity index (χ0v) is 14.0. The standard InChI is InChI=1S/C18H22N4O2/c1-12-8-10-19-18-14(12)9-11-22(18)16(23)7-6-15-20-17(21-24-15)13-4-2-3-5-13/h8,10,13H,2-7,9,11H2,1H3. The van der Waals surface area contributed by atoms with Gasteiger partial charge in [0.15, 0.2) is 5.82 Å². The minimum absolute atomic E-state index is 0.0764. The van der Waals surface area contributed by atoms with Crippen LogP contribution in [-0.2, 0) is 17.6 Å². The van der Waals surface area contributed by atoms with Crippen LogP contribution in [0, 0.1) is 6.92 Å². The van der Waals surface area contributed by atoms with Gasteiger partial charge in [0.1, 0.15) is 5.82 Å². The first kappa shape index (κ1) is 15.3. The van der Waals surface area contributed by atoms with E-state index in [0.29, 0.717) is 31.2 Å². The SMILES string of the molecule is Cc1ccnc2c1CCN2C(=O)CCc1nc(C2CCCC2)no1. The maximum Gasteiger partial charge on any atom is 0.228 e. The first-order chi connectivity index (χ1) is 11.7. The van der Waals surface area contributed by atoms with E-state index in [1.165, 1.54) is 24.0 Å². The van der Waals surface area contributed by atoms with Crippen LogP contribution in [0.15, 0.2) is 16.8 Å². The zero-order valence-electron chi connectivity index (χ0n) is 14.0. The zero-order chi connectivity index (χ0) is 16.5. The van der Waals surface area contributed by atoms with Gasteiger partial charge in [0.2, 0.25) is 11.8 Å². The summed E-state index contributed by atoms with van der Waals surface area (Å²) in [4.78, 5) is 23.2. The third kappa shape index (κ3) is 2.81. The monoisotopic (exact) mass is 326 g/mol. The molecular formula is C18H22N4O2. The maximum absolute atomic E-state index is 12.6. The summed E-state index contributed by atoms with van der Waals surface area (Å²) >= 11 is 0. The summed E-state index contributed by atoms with van der Waals surface area (Å²) in [5.74, 6) is 2.72. The average Bonchev–Trinajstić information content (AvgIpc) is 3.31. The van der Waals surface area contributed by atoms with Crippen molar-refractivity contribution in [3.8, 4) is 0 Å². The van der Waals surface area contributed by atoms with E-state index in [-0.39, 0.29) is 5.91 Å². The van der Waals surface area contributed by atoms with Gasteiger partial charge in [-0.2, -0.15) is 4.98 Å². The Hall–Kier alpha value is -2.24.